The van der Waals surface area contributed by atoms with Crippen molar-refractivity contribution >= 4 is 11.6 Å². The molecule has 2 rings (SSSR count). The number of oxazole rings is 1. The van der Waals surface area contributed by atoms with E-state index in [9.17, 15) is 13.6 Å². The van der Waals surface area contributed by atoms with Crippen LogP contribution in [0.1, 0.15) is 11.5 Å². The number of anilines is 1. The highest BCUT2D eigenvalue weighted by Crippen LogP contribution is 2.14. The lowest BCUT2D eigenvalue weighted by Gasteiger charge is -2.04. The van der Waals surface area contributed by atoms with Crippen LogP contribution in [-0.4, -0.2) is 10.9 Å². The number of amides is 1. The third kappa shape index (κ3) is 2.71. The molecule has 18 heavy (non-hydrogen) atoms. The van der Waals surface area contributed by atoms with E-state index in [2.05, 4.69) is 10.3 Å². The first kappa shape index (κ1) is 12.2. The van der Waals surface area contributed by atoms with E-state index in [1.807, 2.05) is 0 Å². The van der Waals surface area contributed by atoms with Crippen LogP contribution in [0.5, 0.6) is 0 Å². The van der Waals surface area contributed by atoms with E-state index in [4.69, 9.17) is 4.42 Å². The summed E-state index contributed by atoms with van der Waals surface area (Å²) in [6, 6.07) is 3.15. The number of aromatic nitrogens is 1. The molecule has 1 aromatic heterocycles. The Morgan fingerprint density at radius 1 is 1.39 bits per heavy atom. The molecular weight excluding hydrogens is 242 g/mol. The van der Waals surface area contributed by atoms with Crippen LogP contribution in [0.4, 0.5) is 14.5 Å². The van der Waals surface area contributed by atoms with E-state index in [1.165, 1.54) is 12.5 Å². The highest BCUT2D eigenvalue weighted by atomic mass is 19.2. The van der Waals surface area contributed by atoms with Crippen molar-refractivity contribution in [1.82, 2.24) is 4.98 Å². The van der Waals surface area contributed by atoms with E-state index < -0.39 is 11.6 Å². The number of halogens is 2. The third-order valence-electron chi connectivity index (χ3n) is 2.37. The van der Waals surface area contributed by atoms with Crippen molar-refractivity contribution in [3.05, 3.63) is 47.7 Å². The van der Waals surface area contributed by atoms with Gasteiger partial charge in [0.2, 0.25) is 5.91 Å². The molecule has 2 aromatic rings. The molecule has 0 saturated heterocycles. The Kier molecular flexibility index (Phi) is 3.36. The second-order valence-electron chi connectivity index (χ2n) is 3.71. The van der Waals surface area contributed by atoms with Gasteiger partial charge < -0.3 is 9.73 Å². The first-order valence-corrected chi connectivity index (χ1v) is 5.20. The summed E-state index contributed by atoms with van der Waals surface area (Å²) in [5.41, 5.74) is 0.812. The van der Waals surface area contributed by atoms with Gasteiger partial charge >= 0.3 is 0 Å². The predicted octanol–water partition coefficient (Wildman–Crippen LogP) is 2.44. The first-order valence-electron chi connectivity index (χ1n) is 5.20. The van der Waals surface area contributed by atoms with Gasteiger partial charge in [0.25, 0.3) is 0 Å². The molecule has 1 aromatic carbocycles. The van der Waals surface area contributed by atoms with Crippen molar-refractivity contribution in [2.75, 3.05) is 5.32 Å². The molecule has 0 bridgehead atoms. The minimum absolute atomic E-state index is 0.00910. The molecule has 94 valence electrons. The van der Waals surface area contributed by atoms with Gasteiger partial charge in [0, 0.05) is 11.8 Å². The Labute approximate surface area is 102 Å². The Bertz CT molecular complexity index is 581. The van der Waals surface area contributed by atoms with Gasteiger partial charge in [0.15, 0.2) is 18.0 Å². The Morgan fingerprint density at radius 2 is 2.17 bits per heavy atom. The van der Waals surface area contributed by atoms with Gasteiger partial charge in [-0.25, -0.2) is 13.8 Å². The van der Waals surface area contributed by atoms with Crippen LogP contribution >= 0.6 is 0 Å². The summed E-state index contributed by atoms with van der Waals surface area (Å²) >= 11 is 0. The number of carbonyl (C=O) groups excluding carboxylic acids is 1. The molecule has 0 aliphatic heterocycles. The summed E-state index contributed by atoms with van der Waals surface area (Å²) in [7, 11) is 0. The number of hydrogen-bond acceptors (Lipinski definition) is 3. The number of carbonyl (C=O) groups is 1. The van der Waals surface area contributed by atoms with Crippen molar-refractivity contribution in [3.8, 4) is 0 Å². The van der Waals surface area contributed by atoms with Crippen LogP contribution in [0.25, 0.3) is 0 Å². The second kappa shape index (κ2) is 4.95. The molecule has 1 heterocycles. The standard InChI is InChI=1S/C12H10F2N2O2/c1-7-11(18-6-15-7)5-12(17)16-8-2-3-9(13)10(14)4-8/h2-4,6H,5H2,1H3,(H,16,17). The van der Waals surface area contributed by atoms with Crippen molar-refractivity contribution in [2.45, 2.75) is 13.3 Å². The van der Waals surface area contributed by atoms with Gasteiger partial charge in [0.1, 0.15) is 5.76 Å². The molecule has 0 radical (unpaired) electrons. The monoisotopic (exact) mass is 252 g/mol. The number of nitrogens with zero attached hydrogens (tertiary/aromatic N) is 1. The molecule has 0 fully saturated rings. The van der Waals surface area contributed by atoms with Crippen molar-refractivity contribution in [3.63, 3.8) is 0 Å². The fraction of sp³-hybridized carbons (Fsp3) is 0.167. The second-order valence-corrected chi connectivity index (χ2v) is 3.71. The molecule has 1 amide bonds. The molecule has 0 unspecified atom stereocenters. The fourth-order valence-electron chi connectivity index (χ4n) is 1.42. The van der Waals surface area contributed by atoms with E-state index in [0.29, 0.717) is 11.5 Å². The van der Waals surface area contributed by atoms with Crippen LogP contribution in [0.2, 0.25) is 0 Å². The lowest BCUT2D eigenvalue weighted by molar-refractivity contribution is -0.115. The maximum atomic E-state index is 12.9. The zero-order valence-electron chi connectivity index (χ0n) is 9.54. The molecule has 0 aliphatic rings. The SMILES string of the molecule is Cc1ncoc1CC(=O)Nc1ccc(F)c(F)c1. The van der Waals surface area contributed by atoms with E-state index in [-0.39, 0.29) is 18.0 Å². The maximum absolute atomic E-state index is 12.9. The number of nitrogens with one attached hydrogen (secondary N) is 1. The summed E-state index contributed by atoms with van der Waals surface area (Å²) in [4.78, 5) is 15.5. The summed E-state index contributed by atoms with van der Waals surface area (Å²) in [5, 5.41) is 2.44. The van der Waals surface area contributed by atoms with Crippen molar-refractivity contribution in [1.29, 1.82) is 0 Å². The predicted molar refractivity (Wildman–Crippen MR) is 59.9 cm³/mol. The van der Waals surface area contributed by atoms with Gasteiger partial charge in [-0.2, -0.15) is 0 Å². The zero-order valence-corrected chi connectivity index (χ0v) is 9.54. The van der Waals surface area contributed by atoms with Gasteiger partial charge in [-0.05, 0) is 19.1 Å². The molecular formula is C12H10F2N2O2. The average Bonchev–Trinajstić information content (AvgIpc) is 2.70. The van der Waals surface area contributed by atoms with Crippen LogP contribution in [0.15, 0.2) is 29.0 Å². The van der Waals surface area contributed by atoms with Crippen LogP contribution in [0, 0.1) is 18.6 Å². The Balaban J connectivity index is 2.03. The maximum Gasteiger partial charge on any atom is 0.232 e. The van der Waals surface area contributed by atoms with Gasteiger partial charge in [0.05, 0.1) is 12.1 Å². The highest BCUT2D eigenvalue weighted by molar-refractivity contribution is 5.91. The average molecular weight is 252 g/mol. The number of benzene rings is 1. The Morgan fingerprint density at radius 3 is 2.78 bits per heavy atom. The lowest BCUT2D eigenvalue weighted by Crippen LogP contribution is -2.14. The van der Waals surface area contributed by atoms with Crippen LogP contribution in [-0.2, 0) is 11.2 Å². The van der Waals surface area contributed by atoms with Crippen LogP contribution < -0.4 is 5.32 Å². The number of rotatable bonds is 3. The van der Waals surface area contributed by atoms with Gasteiger partial charge in [-0.1, -0.05) is 0 Å². The summed E-state index contributed by atoms with van der Waals surface area (Å²) in [6.07, 6.45) is 1.24. The minimum Gasteiger partial charge on any atom is -0.448 e. The van der Waals surface area contributed by atoms with E-state index in [0.717, 1.165) is 12.1 Å². The molecule has 6 heteroatoms. The molecule has 4 nitrogen and oxygen atoms in total. The molecule has 0 atom stereocenters. The smallest absolute Gasteiger partial charge is 0.232 e. The normalized spacial score (nSPS) is 10.4. The fourth-order valence-corrected chi connectivity index (χ4v) is 1.42. The lowest BCUT2D eigenvalue weighted by atomic mass is 10.2. The van der Waals surface area contributed by atoms with Gasteiger partial charge in [-0.15, -0.1) is 0 Å². The third-order valence-corrected chi connectivity index (χ3v) is 2.37. The highest BCUT2D eigenvalue weighted by Gasteiger charge is 2.11. The molecule has 0 aliphatic carbocycles. The van der Waals surface area contributed by atoms with Crippen molar-refractivity contribution < 1.29 is 18.0 Å². The quantitative estimate of drug-likeness (QED) is 0.912. The van der Waals surface area contributed by atoms with E-state index >= 15 is 0 Å². The summed E-state index contributed by atoms with van der Waals surface area (Å²) in [5.74, 6) is -1.92. The summed E-state index contributed by atoms with van der Waals surface area (Å²) in [6.45, 7) is 1.71. The summed E-state index contributed by atoms with van der Waals surface area (Å²) < 4.78 is 30.6. The number of aryl methyl sites for hydroxylation is 1. The van der Waals surface area contributed by atoms with Crippen LogP contribution in [0.3, 0.4) is 0 Å². The molecule has 0 spiro atoms. The minimum atomic E-state index is -1.01. The largest absolute Gasteiger partial charge is 0.448 e. The van der Waals surface area contributed by atoms with Gasteiger partial charge in [-0.3, -0.25) is 4.79 Å². The molecule has 0 saturated carbocycles. The Hall–Kier alpha value is -2.24. The number of hydrogen-bond donors (Lipinski definition) is 1. The van der Waals surface area contributed by atoms with E-state index in [1.54, 1.807) is 6.92 Å². The first-order chi connectivity index (χ1) is 8.56. The topological polar surface area (TPSA) is 55.1 Å². The zero-order chi connectivity index (χ0) is 13.1. The van der Waals surface area contributed by atoms with Crippen molar-refractivity contribution in [2.24, 2.45) is 0 Å². The molecule has 1 N–H and O–H groups in total.